The van der Waals surface area contributed by atoms with Gasteiger partial charge in [0.05, 0.1) is 0 Å². The van der Waals surface area contributed by atoms with E-state index in [9.17, 15) is 0 Å². The Hall–Kier alpha value is -7.06. The van der Waals surface area contributed by atoms with Gasteiger partial charge >= 0.3 is 0 Å². The van der Waals surface area contributed by atoms with Crippen LogP contribution in [-0.4, -0.2) is 0 Å². The van der Waals surface area contributed by atoms with Crippen LogP contribution < -0.4 is 0 Å². The first-order valence-corrected chi connectivity index (χ1v) is 21.5. The van der Waals surface area contributed by atoms with Crippen molar-refractivity contribution < 1.29 is 0 Å². The fourth-order valence-electron chi connectivity index (χ4n) is 10.3. The lowest BCUT2D eigenvalue weighted by atomic mass is 9.80. The summed E-state index contributed by atoms with van der Waals surface area (Å²) in [5.74, 6) is 0. The fraction of sp³-hybridized carbons (Fsp3) is 0.0345. The van der Waals surface area contributed by atoms with Crippen LogP contribution in [0.25, 0.3) is 120 Å². The zero-order chi connectivity index (χ0) is 38.6. The van der Waals surface area contributed by atoms with Gasteiger partial charge in [0.15, 0.2) is 0 Å². The maximum atomic E-state index is 2.43. The lowest BCUT2D eigenvalue weighted by molar-refractivity contribution is 1.23. The zero-order valence-corrected chi connectivity index (χ0v) is 33.1. The molecule has 0 saturated heterocycles. The molecule has 59 heavy (non-hydrogen) atoms. The number of allylic oxidation sites excluding steroid dienone is 3. The van der Waals surface area contributed by atoms with Gasteiger partial charge in [-0.15, -0.1) is 11.3 Å². The van der Waals surface area contributed by atoms with Crippen molar-refractivity contribution in [2.24, 2.45) is 0 Å². The molecule has 274 valence electrons. The second-order valence-corrected chi connectivity index (χ2v) is 17.2. The molecular formula is C58H36S. The Balaban J connectivity index is 0.802. The fourth-order valence-corrected chi connectivity index (χ4v) is 11.2. The summed E-state index contributed by atoms with van der Waals surface area (Å²) in [4.78, 5) is 0. The van der Waals surface area contributed by atoms with Crippen LogP contribution in [-0.2, 0) is 6.42 Å². The summed E-state index contributed by atoms with van der Waals surface area (Å²) < 4.78 is 1.33. The van der Waals surface area contributed by atoms with Gasteiger partial charge in [0.25, 0.3) is 0 Å². The van der Waals surface area contributed by atoms with Crippen LogP contribution in [0.2, 0.25) is 0 Å². The highest BCUT2D eigenvalue weighted by Gasteiger charge is 2.21. The van der Waals surface area contributed by atoms with Crippen molar-refractivity contribution >= 4 is 76.2 Å². The van der Waals surface area contributed by atoms with Crippen LogP contribution in [0.5, 0.6) is 0 Å². The molecule has 1 heteroatoms. The lowest BCUT2D eigenvalue weighted by Crippen LogP contribution is -2.03. The predicted molar refractivity (Wildman–Crippen MR) is 256 cm³/mol. The Labute approximate surface area is 347 Å². The number of hydrogen-bond donors (Lipinski definition) is 0. The molecule has 0 bridgehead atoms. The molecule has 0 aliphatic heterocycles. The van der Waals surface area contributed by atoms with Crippen molar-refractivity contribution in [1.29, 1.82) is 0 Å². The predicted octanol–water partition coefficient (Wildman–Crippen LogP) is 16.6. The van der Waals surface area contributed by atoms with E-state index in [-0.39, 0.29) is 0 Å². The first-order valence-electron chi connectivity index (χ1n) is 20.7. The molecule has 2 aliphatic carbocycles. The molecule has 0 unspecified atom stereocenters. The number of rotatable bonds is 5. The average molecular weight is 765 g/mol. The molecule has 1 aromatic heterocycles. The summed E-state index contributed by atoms with van der Waals surface area (Å²) >= 11 is 1.83. The van der Waals surface area contributed by atoms with Gasteiger partial charge in [0.1, 0.15) is 0 Å². The van der Waals surface area contributed by atoms with Crippen molar-refractivity contribution in [3.8, 4) is 55.6 Å². The van der Waals surface area contributed by atoms with Crippen molar-refractivity contribution in [1.82, 2.24) is 0 Å². The van der Waals surface area contributed by atoms with Gasteiger partial charge in [0.2, 0.25) is 0 Å². The Bertz CT molecular complexity index is 3560. The van der Waals surface area contributed by atoms with E-state index in [2.05, 4.69) is 193 Å². The minimum absolute atomic E-state index is 1.02. The Kier molecular flexibility index (Phi) is 7.11. The summed E-state index contributed by atoms with van der Waals surface area (Å²) in [6.45, 7) is 0. The van der Waals surface area contributed by atoms with Crippen molar-refractivity contribution in [2.75, 3.05) is 0 Å². The van der Waals surface area contributed by atoms with Gasteiger partial charge in [-0.2, -0.15) is 0 Å². The number of hydrogen-bond acceptors (Lipinski definition) is 1. The van der Waals surface area contributed by atoms with Crippen LogP contribution in [0.15, 0.2) is 187 Å². The molecule has 0 radical (unpaired) electrons. The Morgan fingerprint density at radius 3 is 1.56 bits per heavy atom. The molecule has 0 N–H and O–H groups in total. The molecule has 0 nitrogen and oxygen atoms in total. The quantitative estimate of drug-likeness (QED) is 0.153. The van der Waals surface area contributed by atoms with E-state index in [0.717, 1.165) is 12.8 Å². The largest absolute Gasteiger partial charge is 0.143 e. The summed E-state index contributed by atoms with van der Waals surface area (Å²) in [5.41, 5.74) is 18.3. The molecule has 2 aliphatic rings. The third kappa shape index (κ3) is 5.02. The molecule has 10 aromatic carbocycles. The van der Waals surface area contributed by atoms with Crippen molar-refractivity contribution in [2.45, 2.75) is 12.8 Å². The van der Waals surface area contributed by atoms with Crippen LogP contribution in [0, 0.1) is 0 Å². The van der Waals surface area contributed by atoms with E-state index in [1.54, 1.807) is 0 Å². The van der Waals surface area contributed by atoms with Gasteiger partial charge in [-0.1, -0.05) is 182 Å². The monoisotopic (exact) mass is 764 g/mol. The van der Waals surface area contributed by atoms with Crippen LogP contribution >= 0.6 is 11.3 Å². The second kappa shape index (κ2) is 12.7. The van der Waals surface area contributed by atoms with Crippen molar-refractivity contribution in [3.63, 3.8) is 0 Å². The SMILES string of the molecule is C1=Cc2ccc3c(-c4ccc(-c5ccc(-c6ccc(-c7ccc8ccc9c(-c%10csc%11ccccc%10%11)ccc%10ccc7c8c%109)cc6)cc5)cc4)ccc4c3c2C(=CC4)C1. The second-order valence-electron chi connectivity index (χ2n) is 16.3. The standard InChI is InChI=1S/C58H36S/c1-2-7-54-49(6-1)53(34-59-54)48-30-24-45-26-32-51-47(29-23-44-27-33-52(48)58(45)57(44)51)40-18-14-38(15-19-40)36-10-8-35(9-11-36)37-12-16-39(17-13-37)46-28-22-43-21-20-41-4-3-5-42-25-31-50(46)56(43)55(41)42/h1-3,5-20,22-34H,4,21H2. The Morgan fingerprint density at radius 1 is 0.373 bits per heavy atom. The molecule has 1 heterocycles. The number of benzene rings is 10. The van der Waals surface area contributed by atoms with Gasteiger partial charge in [0, 0.05) is 15.6 Å². The minimum atomic E-state index is 1.02. The summed E-state index contributed by atoms with van der Waals surface area (Å²) in [6.07, 6.45) is 9.07. The minimum Gasteiger partial charge on any atom is -0.143 e. The lowest BCUT2D eigenvalue weighted by Gasteiger charge is -2.24. The van der Waals surface area contributed by atoms with Crippen molar-refractivity contribution in [3.05, 3.63) is 204 Å². The maximum absolute atomic E-state index is 2.43. The maximum Gasteiger partial charge on any atom is 0.0349 e. The molecular weight excluding hydrogens is 729 g/mol. The highest BCUT2D eigenvalue weighted by molar-refractivity contribution is 7.17. The van der Waals surface area contributed by atoms with E-state index in [0.29, 0.717) is 0 Å². The van der Waals surface area contributed by atoms with Gasteiger partial charge < -0.3 is 0 Å². The van der Waals surface area contributed by atoms with Crippen LogP contribution in [0.4, 0.5) is 0 Å². The van der Waals surface area contributed by atoms with E-state index < -0.39 is 0 Å². The van der Waals surface area contributed by atoms with E-state index >= 15 is 0 Å². The van der Waals surface area contributed by atoms with E-state index in [4.69, 9.17) is 0 Å². The number of thiophene rings is 1. The van der Waals surface area contributed by atoms with E-state index in [1.165, 1.54) is 131 Å². The summed E-state index contributed by atoms with van der Waals surface area (Å²) in [5, 5.41) is 14.4. The molecule has 0 spiro atoms. The molecule has 0 saturated carbocycles. The third-order valence-electron chi connectivity index (χ3n) is 13.2. The number of fused-ring (bicyclic) bond motifs is 1. The van der Waals surface area contributed by atoms with Gasteiger partial charge in [-0.05, 0) is 140 Å². The molecule has 0 fully saturated rings. The zero-order valence-electron chi connectivity index (χ0n) is 32.3. The Morgan fingerprint density at radius 2 is 0.898 bits per heavy atom. The highest BCUT2D eigenvalue weighted by Crippen LogP contribution is 2.46. The normalized spacial score (nSPS) is 13.3. The molecule has 0 amide bonds. The molecule has 11 aromatic rings. The third-order valence-corrected chi connectivity index (χ3v) is 14.2. The summed E-state index contributed by atoms with van der Waals surface area (Å²) in [7, 11) is 0. The topological polar surface area (TPSA) is 0 Å². The average Bonchev–Trinajstić information content (AvgIpc) is 3.74. The smallest absolute Gasteiger partial charge is 0.0349 e. The van der Waals surface area contributed by atoms with Gasteiger partial charge in [-0.3, -0.25) is 0 Å². The van der Waals surface area contributed by atoms with Crippen LogP contribution in [0.3, 0.4) is 0 Å². The van der Waals surface area contributed by atoms with Gasteiger partial charge in [-0.25, -0.2) is 0 Å². The highest BCUT2D eigenvalue weighted by atomic mass is 32.1. The molecule has 0 atom stereocenters. The first-order chi connectivity index (χ1) is 29.2. The molecule has 13 rings (SSSR count). The summed E-state index contributed by atoms with van der Waals surface area (Å²) in [6, 6.07) is 63.9. The first kappa shape index (κ1) is 33.0. The van der Waals surface area contributed by atoms with E-state index in [1.807, 2.05) is 11.3 Å². The van der Waals surface area contributed by atoms with Crippen LogP contribution in [0.1, 0.15) is 23.1 Å².